The highest BCUT2D eigenvalue weighted by Gasteiger charge is 2.51. The Morgan fingerprint density at radius 3 is 2.30 bits per heavy atom. The fraction of sp³-hybridized carbons (Fsp3) is 0.350. The van der Waals surface area contributed by atoms with Crippen LogP contribution in [0.1, 0.15) is 13.8 Å². The Kier molecular flexibility index (Phi) is 7.80. The van der Waals surface area contributed by atoms with Crippen molar-refractivity contribution in [3.8, 4) is 5.75 Å². The smallest absolute Gasteiger partial charge is 0.427 e. The monoisotopic (exact) mass is 493 g/mol. The van der Waals surface area contributed by atoms with Crippen molar-refractivity contribution in [3.05, 3.63) is 48.3 Å². The Labute approximate surface area is 188 Å². The molecule has 182 valence electrons. The lowest BCUT2D eigenvalue weighted by Gasteiger charge is -2.31. The van der Waals surface area contributed by atoms with Gasteiger partial charge in [0.1, 0.15) is 18.2 Å². The topological polar surface area (TPSA) is 111 Å². The van der Waals surface area contributed by atoms with Crippen LogP contribution in [0.4, 0.5) is 33.7 Å². The number of alkyl halides is 3. The number of halogens is 4. The fourth-order valence-electron chi connectivity index (χ4n) is 2.69. The van der Waals surface area contributed by atoms with E-state index >= 15 is 0 Å². The Morgan fingerprint density at radius 1 is 1.12 bits per heavy atom. The predicted molar refractivity (Wildman–Crippen MR) is 113 cm³/mol. The molecular weight excluding hydrogens is 470 g/mol. The fourth-order valence-corrected chi connectivity index (χ4v) is 4.14. The second-order valence-corrected chi connectivity index (χ2v) is 8.95. The quantitative estimate of drug-likeness (QED) is 0.626. The molecule has 0 fully saturated rings. The largest absolute Gasteiger partial charge is 0.489 e. The van der Waals surface area contributed by atoms with E-state index in [0.29, 0.717) is 13.8 Å². The van der Waals surface area contributed by atoms with Gasteiger partial charge in [-0.15, -0.1) is 0 Å². The highest BCUT2D eigenvalue weighted by atomic mass is 32.2. The molecule has 33 heavy (non-hydrogen) atoms. The van der Waals surface area contributed by atoms with Gasteiger partial charge in [0.15, 0.2) is 0 Å². The lowest BCUT2D eigenvalue weighted by molar-refractivity contribution is -0.242. The second-order valence-electron chi connectivity index (χ2n) is 7.08. The predicted octanol–water partition coefficient (Wildman–Crippen LogP) is 3.88. The maximum atomic E-state index is 13.2. The minimum atomic E-state index is -4.78. The van der Waals surface area contributed by atoms with E-state index in [-0.39, 0.29) is 35.2 Å². The number of nitrogens with zero attached hydrogens (tertiary/aromatic N) is 1. The molecule has 0 saturated carbocycles. The summed E-state index contributed by atoms with van der Waals surface area (Å²) < 4.78 is 88.8. The van der Waals surface area contributed by atoms with Crippen LogP contribution in [0, 0.1) is 5.82 Å². The molecule has 0 bridgehead atoms. The Morgan fingerprint density at radius 2 is 1.73 bits per heavy atom. The van der Waals surface area contributed by atoms with Crippen molar-refractivity contribution in [1.29, 1.82) is 0 Å². The molecule has 1 heterocycles. The molecule has 2 aromatic carbocycles. The van der Waals surface area contributed by atoms with Gasteiger partial charge >= 0.3 is 12.3 Å². The van der Waals surface area contributed by atoms with Crippen LogP contribution >= 0.6 is 0 Å². The maximum absolute atomic E-state index is 13.2. The van der Waals surface area contributed by atoms with Crippen molar-refractivity contribution in [3.63, 3.8) is 0 Å². The summed E-state index contributed by atoms with van der Waals surface area (Å²) >= 11 is 0. The summed E-state index contributed by atoms with van der Waals surface area (Å²) in [7, 11) is -2.59. The zero-order valence-corrected chi connectivity index (χ0v) is 18.8. The zero-order valence-electron chi connectivity index (χ0n) is 17.9. The number of hydrogen-bond donors (Lipinski definition) is 2. The third-order valence-corrected chi connectivity index (χ3v) is 6.29. The third kappa shape index (κ3) is 5.85. The van der Waals surface area contributed by atoms with Gasteiger partial charge in [-0.25, -0.2) is 17.6 Å². The van der Waals surface area contributed by atoms with Crippen molar-refractivity contribution in [2.45, 2.75) is 30.5 Å². The molecule has 0 spiro atoms. The van der Waals surface area contributed by atoms with Gasteiger partial charge in [0, 0.05) is 5.69 Å². The first-order valence-corrected chi connectivity index (χ1v) is 10.9. The summed E-state index contributed by atoms with van der Waals surface area (Å²) in [5.41, 5.74) is 1.82. The lowest BCUT2D eigenvalue weighted by atomic mass is 10.1. The number of hydrogen-bond acceptors (Lipinski definition) is 6. The van der Waals surface area contributed by atoms with E-state index in [2.05, 4.69) is 15.8 Å². The molecule has 1 aliphatic rings. The van der Waals surface area contributed by atoms with E-state index in [0.717, 1.165) is 28.6 Å². The SMILES string of the molecule is CC(C)(OC(=O)Nc1ccc2c(c1)N(S(=O)(=O)c1ccc(F)cc1)CCO2)C(F)(F)F.CN. The highest BCUT2D eigenvalue weighted by Crippen LogP contribution is 2.38. The van der Waals surface area contributed by atoms with Gasteiger partial charge in [0.2, 0.25) is 5.60 Å². The number of nitrogens with one attached hydrogen (secondary N) is 1. The van der Waals surface area contributed by atoms with Gasteiger partial charge in [0.25, 0.3) is 10.0 Å². The second kappa shape index (κ2) is 9.83. The average Bonchev–Trinajstić information content (AvgIpc) is 2.73. The Bertz CT molecular complexity index is 1090. The third-order valence-electron chi connectivity index (χ3n) is 4.46. The van der Waals surface area contributed by atoms with Gasteiger partial charge in [-0.3, -0.25) is 9.62 Å². The van der Waals surface area contributed by atoms with Crippen molar-refractivity contribution >= 4 is 27.5 Å². The number of nitrogens with two attached hydrogens (primary N) is 1. The summed E-state index contributed by atoms with van der Waals surface area (Å²) in [6.45, 7) is 1.37. The van der Waals surface area contributed by atoms with E-state index < -0.39 is 33.7 Å². The Balaban J connectivity index is 0.00000187. The van der Waals surface area contributed by atoms with Gasteiger partial charge in [-0.2, -0.15) is 13.2 Å². The van der Waals surface area contributed by atoms with Gasteiger partial charge in [-0.05, 0) is 63.4 Å². The number of ether oxygens (including phenoxy) is 2. The molecule has 0 radical (unpaired) electrons. The summed E-state index contributed by atoms with van der Waals surface area (Å²) in [5, 5.41) is 2.15. The first kappa shape index (κ1) is 26.2. The van der Waals surface area contributed by atoms with Crippen molar-refractivity contribution in [2.24, 2.45) is 5.73 Å². The van der Waals surface area contributed by atoms with Crippen LogP contribution < -0.4 is 20.1 Å². The van der Waals surface area contributed by atoms with Crippen molar-refractivity contribution in [2.75, 3.05) is 29.8 Å². The van der Waals surface area contributed by atoms with Crippen LogP contribution in [-0.2, 0) is 14.8 Å². The number of benzene rings is 2. The number of rotatable bonds is 4. The van der Waals surface area contributed by atoms with Crippen LogP contribution in [0.25, 0.3) is 0 Å². The van der Waals surface area contributed by atoms with E-state index in [4.69, 9.17) is 4.74 Å². The number of sulfonamides is 1. The van der Waals surface area contributed by atoms with Crippen molar-refractivity contribution in [1.82, 2.24) is 0 Å². The molecule has 0 aliphatic carbocycles. The van der Waals surface area contributed by atoms with E-state index in [1.165, 1.54) is 25.2 Å². The molecule has 0 unspecified atom stereocenters. The first-order valence-electron chi connectivity index (χ1n) is 9.51. The molecule has 1 aliphatic heterocycles. The van der Waals surface area contributed by atoms with Gasteiger partial charge in [-0.1, -0.05) is 0 Å². The van der Waals surface area contributed by atoms with Crippen LogP contribution in [0.2, 0.25) is 0 Å². The van der Waals surface area contributed by atoms with Crippen molar-refractivity contribution < 1.29 is 40.2 Å². The minimum Gasteiger partial charge on any atom is -0.489 e. The summed E-state index contributed by atoms with van der Waals surface area (Å²) in [6.07, 6.45) is -6.15. The molecule has 3 N–H and O–H groups in total. The number of anilines is 2. The molecule has 2 aromatic rings. The van der Waals surface area contributed by atoms with E-state index in [9.17, 15) is 30.8 Å². The molecule has 13 heteroatoms. The molecule has 1 amide bonds. The summed E-state index contributed by atoms with van der Waals surface area (Å²) in [6, 6.07) is 8.16. The van der Waals surface area contributed by atoms with E-state index in [1.807, 2.05) is 0 Å². The lowest BCUT2D eigenvalue weighted by Crippen LogP contribution is -2.44. The molecule has 0 saturated heterocycles. The molecule has 3 rings (SSSR count). The number of fused-ring (bicyclic) bond motifs is 1. The normalized spacial score (nSPS) is 13.8. The molecule has 0 aromatic heterocycles. The molecular formula is C20H23F4N3O5S. The van der Waals surface area contributed by atoms with Crippen LogP contribution in [0.15, 0.2) is 47.4 Å². The minimum absolute atomic E-state index is 0.00784. The van der Waals surface area contributed by atoms with E-state index in [1.54, 1.807) is 0 Å². The van der Waals surface area contributed by atoms with Gasteiger partial charge < -0.3 is 15.2 Å². The Hall–Kier alpha value is -3.06. The first-order chi connectivity index (χ1) is 15.3. The van der Waals surface area contributed by atoms with Crippen LogP contribution in [-0.4, -0.2) is 46.5 Å². The molecule has 0 atom stereocenters. The average molecular weight is 493 g/mol. The standard InChI is InChI=1S/C19H18F4N2O5S.CH5N/c1-18(2,19(21,22)23)30-17(26)24-13-5-8-16-15(11-13)25(9-10-29-16)31(27,28)14-6-3-12(20)4-7-14;1-2/h3-8,11H,9-10H2,1-2H3,(H,24,26);2H2,1H3. The highest BCUT2D eigenvalue weighted by molar-refractivity contribution is 7.92. The number of amides is 1. The number of carbonyl (C=O) groups excluding carboxylic acids is 1. The summed E-state index contributed by atoms with van der Waals surface area (Å²) in [5.74, 6) is -0.417. The van der Waals surface area contributed by atoms with Crippen LogP contribution in [0.5, 0.6) is 5.75 Å². The summed E-state index contributed by atoms with van der Waals surface area (Å²) in [4.78, 5) is 11.8. The zero-order chi connectivity index (χ0) is 25.0. The van der Waals surface area contributed by atoms with Crippen LogP contribution in [0.3, 0.4) is 0 Å². The number of carbonyl (C=O) groups is 1. The molecule has 8 nitrogen and oxygen atoms in total. The van der Waals surface area contributed by atoms with Gasteiger partial charge in [0.05, 0.1) is 17.1 Å². The maximum Gasteiger partial charge on any atom is 0.427 e.